The van der Waals surface area contributed by atoms with E-state index in [0.717, 1.165) is 0 Å². The fourth-order valence-electron chi connectivity index (χ4n) is 0.886. The Hall–Kier alpha value is -0.970. The molecule has 4 nitrogen and oxygen atoms in total. The van der Waals surface area contributed by atoms with Crippen molar-refractivity contribution in [3.05, 3.63) is 16.0 Å². The van der Waals surface area contributed by atoms with Crippen LogP contribution in [0.5, 0.6) is 5.75 Å². The van der Waals surface area contributed by atoms with Crippen molar-refractivity contribution >= 4 is 11.8 Å². The summed E-state index contributed by atoms with van der Waals surface area (Å²) in [5.74, 6) is 0.285. The second-order valence-corrected chi connectivity index (χ2v) is 2.99. The van der Waals surface area contributed by atoms with Gasteiger partial charge in [0, 0.05) is 0 Å². The molecule has 1 aromatic rings. The maximum Gasteiger partial charge on any atom is 0.294 e. The van der Waals surface area contributed by atoms with Gasteiger partial charge in [0.15, 0.2) is 5.16 Å². The summed E-state index contributed by atoms with van der Waals surface area (Å²) in [6.07, 6.45) is 1.85. The molecule has 0 atom stereocenters. The lowest BCUT2D eigenvalue weighted by molar-refractivity contribution is 0.400. The van der Waals surface area contributed by atoms with Crippen molar-refractivity contribution in [1.29, 1.82) is 0 Å². The number of hydrogen-bond donors (Lipinski definition) is 1. The molecule has 0 amide bonds. The highest BCUT2D eigenvalue weighted by atomic mass is 32.2. The lowest BCUT2D eigenvalue weighted by Crippen LogP contribution is -2.13. The van der Waals surface area contributed by atoms with Gasteiger partial charge in [-0.2, -0.15) is 0 Å². The van der Waals surface area contributed by atoms with Gasteiger partial charge in [0.1, 0.15) is 0 Å². The molecule has 0 aliphatic carbocycles. The van der Waals surface area contributed by atoms with Gasteiger partial charge in [0.2, 0.25) is 5.75 Å². The summed E-state index contributed by atoms with van der Waals surface area (Å²) >= 11 is 1.39. The average molecular weight is 186 g/mol. The van der Waals surface area contributed by atoms with Gasteiger partial charge in [-0.15, -0.1) is 0 Å². The van der Waals surface area contributed by atoms with Gasteiger partial charge >= 0.3 is 0 Å². The molecule has 0 spiro atoms. The number of aromatic amines is 1. The Balaban J connectivity index is 3.28. The summed E-state index contributed by atoms with van der Waals surface area (Å²) in [6.45, 7) is 1.74. The standard InChI is InChI=1S/C7H10N2O2S/c1-4-5(11-2)6(10)9-7(8-4)12-3/h1-3H3,(H,8,9,10). The van der Waals surface area contributed by atoms with E-state index in [1.165, 1.54) is 18.9 Å². The Morgan fingerprint density at radius 1 is 1.58 bits per heavy atom. The number of ether oxygens (including phenoxy) is 1. The van der Waals surface area contributed by atoms with E-state index in [0.29, 0.717) is 10.9 Å². The van der Waals surface area contributed by atoms with Crippen LogP contribution < -0.4 is 10.3 Å². The summed E-state index contributed by atoms with van der Waals surface area (Å²) in [7, 11) is 1.46. The van der Waals surface area contributed by atoms with Crippen molar-refractivity contribution in [2.24, 2.45) is 0 Å². The minimum Gasteiger partial charge on any atom is -0.490 e. The zero-order valence-corrected chi connectivity index (χ0v) is 7.99. The van der Waals surface area contributed by atoms with Crippen LogP contribution in [-0.2, 0) is 0 Å². The Labute approximate surface area is 74.4 Å². The summed E-state index contributed by atoms with van der Waals surface area (Å²) in [4.78, 5) is 17.9. The molecule has 66 valence electrons. The Morgan fingerprint density at radius 3 is 2.67 bits per heavy atom. The monoisotopic (exact) mass is 186 g/mol. The van der Waals surface area contributed by atoms with Crippen molar-refractivity contribution in [2.75, 3.05) is 13.4 Å². The fraction of sp³-hybridized carbons (Fsp3) is 0.429. The van der Waals surface area contributed by atoms with Crippen LogP contribution in [0.25, 0.3) is 0 Å². The molecular weight excluding hydrogens is 176 g/mol. The predicted molar refractivity (Wildman–Crippen MR) is 47.9 cm³/mol. The van der Waals surface area contributed by atoms with Crippen molar-refractivity contribution in [2.45, 2.75) is 12.1 Å². The van der Waals surface area contributed by atoms with E-state index in [4.69, 9.17) is 4.74 Å². The van der Waals surface area contributed by atoms with Gasteiger partial charge in [-0.05, 0) is 13.2 Å². The maximum atomic E-state index is 11.2. The first kappa shape index (κ1) is 9.12. The van der Waals surface area contributed by atoms with Crippen LogP contribution in [0.4, 0.5) is 0 Å². The largest absolute Gasteiger partial charge is 0.490 e. The molecular formula is C7H10N2O2S. The summed E-state index contributed by atoms with van der Waals surface area (Å²) < 4.78 is 4.86. The van der Waals surface area contributed by atoms with Crippen molar-refractivity contribution in [3.8, 4) is 5.75 Å². The van der Waals surface area contributed by atoms with E-state index >= 15 is 0 Å². The highest BCUT2D eigenvalue weighted by Crippen LogP contribution is 2.12. The fourth-order valence-corrected chi connectivity index (χ4v) is 1.31. The van der Waals surface area contributed by atoms with Gasteiger partial charge < -0.3 is 4.74 Å². The molecule has 1 N–H and O–H groups in total. The third-order valence-electron chi connectivity index (χ3n) is 1.42. The van der Waals surface area contributed by atoms with E-state index in [9.17, 15) is 4.79 Å². The van der Waals surface area contributed by atoms with Gasteiger partial charge in [-0.3, -0.25) is 9.78 Å². The smallest absolute Gasteiger partial charge is 0.294 e. The number of aryl methyl sites for hydroxylation is 1. The maximum absolute atomic E-state index is 11.2. The first-order valence-corrected chi connectivity index (χ1v) is 4.60. The van der Waals surface area contributed by atoms with Crippen molar-refractivity contribution < 1.29 is 4.74 Å². The average Bonchev–Trinajstić information content (AvgIpc) is 2.03. The predicted octanol–water partition coefficient (Wildman–Crippen LogP) is 0.809. The lowest BCUT2D eigenvalue weighted by Gasteiger charge is -2.02. The van der Waals surface area contributed by atoms with E-state index in [2.05, 4.69) is 9.97 Å². The molecule has 0 saturated heterocycles. The zero-order valence-electron chi connectivity index (χ0n) is 7.17. The van der Waals surface area contributed by atoms with E-state index in [1.54, 1.807) is 6.92 Å². The molecule has 0 bridgehead atoms. The molecule has 0 saturated carbocycles. The molecule has 1 aromatic heterocycles. The molecule has 0 aromatic carbocycles. The first-order chi connectivity index (χ1) is 5.69. The molecule has 1 heterocycles. The Bertz CT molecular complexity index is 335. The highest BCUT2D eigenvalue weighted by Gasteiger charge is 2.06. The molecule has 1 rings (SSSR count). The van der Waals surface area contributed by atoms with E-state index < -0.39 is 0 Å². The second-order valence-electron chi connectivity index (χ2n) is 2.19. The molecule has 12 heavy (non-hydrogen) atoms. The van der Waals surface area contributed by atoms with Gasteiger partial charge in [0.05, 0.1) is 12.8 Å². The zero-order chi connectivity index (χ0) is 9.14. The molecule has 5 heteroatoms. The normalized spacial score (nSPS) is 9.92. The van der Waals surface area contributed by atoms with Crippen molar-refractivity contribution in [1.82, 2.24) is 9.97 Å². The van der Waals surface area contributed by atoms with Crippen LogP contribution in [0.15, 0.2) is 9.95 Å². The van der Waals surface area contributed by atoms with Crippen LogP contribution >= 0.6 is 11.8 Å². The number of rotatable bonds is 2. The van der Waals surface area contributed by atoms with E-state index in [1.807, 2.05) is 6.26 Å². The topological polar surface area (TPSA) is 55.0 Å². The number of nitrogens with zero attached hydrogens (tertiary/aromatic N) is 1. The Kier molecular flexibility index (Phi) is 2.75. The number of thioether (sulfide) groups is 1. The molecule has 0 aliphatic heterocycles. The Morgan fingerprint density at radius 2 is 2.25 bits per heavy atom. The number of methoxy groups -OCH3 is 1. The van der Waals surface area contributed by atoms with Crippen LogP contribution in [0, 0.1) is 6.92 Å². The molecule has 0 radical (unpaired) electrons. The first-order valence-electron chi connectivity index (χ1n) is 3.38. The van der Waals surface area contributed by atoms with Crippen LogP contribution in [0.1, 0.15) is 5.69 Å². The number of hydrogen-bond acceptors (Lipinski definition) is 4. The van der Waals surface area contributed by atoms with Gasteiger partial charge in [-0.1, -0.05) is 11.8 Å². The highest BCUT2D eigenvalue weighted by molar-refractivity contribution is 7.98. The number of H-pyrrole nitrogens is 1. The van der Waals surface area contributed by atoms with Gasteiger partial charge in [-0.25, -0.2) is 4.98 Å². The molecule has 0 unspecified atom stereocenters. The second kappa shape index (κ2) is 3.62. The van der Waals surface area contributed by atoms with Gasteiger partial charge in [0.25, 0.3) is 5.56 Å². The number of aromatic nitrogens is 2. The quantitative estimate of drug-likeness (QED) is 0.548. The minimum atomic E-state index is -0.227. The van der Waals surface area contributed by atoms with Crippen molar-refractivity contribution in [3.63, 3.8) is 0 Å². The van der Waals surface area contributed by atoms with Crippen LogP contribution in [-0.4, -0.2) is 23.3 Å². The van der Waals surface area contributed by atoms with Crippen LogP contribution in [0.2, 0.25) is 0 Å². The third kappa shape index (κ3) is 1.61. The SMILES string of the molecule is COc1c(C)nc(SC)[nH]c1=O. The lowest BCUT2D eigenvalue weighted by atomic mass is 10.4. The molecule has 0 fully saturated rings. The summed E-state index contributed by atoms with van der Waals surface area (Å²) in [6, 6.07) is 0. The van der Waals surface area contributed by atoms with Crippen LogP contribution in [0.3, 0.4) is 0 Å². The third-order valence-corrected chi connectivity index (χ3v) is 2.00. The number of nitrogens with one attached hydrogen (secondary N) is 1. The summed E-state index contributed by atoms with van der Waals surface area (Å²) in [5, 5.41) is 0.610. The summed E-state index contributed by atoms with van der Waals surface area (Å²) in [5.41, 5.74) is 0.389. The van der Waals surface area contributed by atoms with E-state index in [-0.39, 0.29) is 11.3 Å². The molecule has 0 aliphatic rings. The minimum absolute atomic E-state index is 0.227.